The topological polar surface area (TPSA) is 97.7 Å². The molecule has 1 atom stereocenters. The van der Waals surface area contributed by atoms with Gasteiger partial charge in [-0.15, -0.1) is 10.2 Å². The van der Waals surface area contributed by atoms with Crippen LogP contribution in [0.1, 0.15) is 29.1 Å². The number of benzene rings is 1. The van der Waals surface area contributed by atoms with Crippen LogP contribution in [0.2, 0.25) is 0 Å². The number of amides is 1. The first kappa shape index (κ1) is 16.8. The minimum atomic E-state index is -0.265. The Kier molecular flexibility index (Phi) is 5.20. The van der Waals surface area contributed by atoms with E-state index in [0.29, 0.717) is 24.5 Å². The molecule has 0 unspecified atom stereocenters. The van der Waals surface area contributed by atoms with Crippen LogP contribution in [-0.4, -0.2) is 44.6 Å². The van der Waals surface area contributed by atoms with E-state index in [-0.39, 0.29) is 11.9 Å². The molecule has 25 heavy (non-hydrogen) atoms. The molecule has 130 valence electrons. The monoisotopic (exact) mass is 340 g/mol. The molecule has 0 spiro atoms. The summed E-state index contributed by atoms with van der Waals surface area (Å²) in [5, 5.41) is 17.8. The van der Waals surface area contributed by atoms with Crippen molar-refractivity contribution in [3.05, 3.63) is 54.2 Å². The number of hydrogen-bond donors (Lipinski definition) is 2. The third-order valence-corrected chi connectivity index (χ3v) is 3.88. The smallest absolute Gasteiger partial charge is 0.251 e. The second-order valence-corrected chi connectivity index (χ2v) is 5.62. The molecule has 0 saturated carbocycles. The Labute approximate surface area is 145 Å². The normalized spacial score (nSPS) is 12.1. The zero-order valence-corrected chi connectivity index (χ0v) is 14.1. The maximum Gasteiger partial charge on any atom is 0.251 e. The summed E-state index contributed by atoms with van der Waals surface area (Å²) in [7, 11) is 1.64. The maximum absolute atomic E-state index is 12.5. The highest BCUT2D eigenvalue weighted by Gasteiger charge is 2.16. The van der Waals surface area contributed by atoms with Crippen LogP contribution in [0.25, 0.3) is 11.3 Å². The summed E-state index contributed by atoms with van der Waals surface area (Å²) in [6.45, 7) is 3.07. The Balaban J connectivity index is 1.66. The molecular formula is C17H20N6O2. The zero-order chi connectivity index (χ0) is 17.6. The lowest BCUT2D eigenvalue weighted by atomic mass is 10.1. The summed E-state index contributed by atoms with van der Waals surface area (Å²) >= 11 is 0. The summed E-state index contributed by atoms with van der Waals surface area (Å²) in [5.41, 5.74) is 2.46. The van der Waals surface area contributed by atoms with Gasteiger partial charge >= 0.3 is 0 Å². The lowest BCUT2D eigenvalue weighted by Crippen LogP contribution is -2.29. The standard InChI is InChI=1S/C17H20N6O2/c1-12(16-22-19-11-23(16)9-10-25-2)20-17(24)14-5-3-13(4-6-14)15-7-8-18-21-15/h3-8,11-12H,9-10H2,1-2H3,(H,18,21)(H,20,24)/t12-/m1/s1. The van der Waals surface area contributed by atoms with E-state index in [9.17, 15) is 4.79 Å². The molecule has 3 aromatic rings. The fraction of sp³-hybridized carbons (Fsp3) is 0.294. The van der Waals surface area contributed by atoms with Gasteiger partial charge in [0.05, 0.1) is 18.3 Å². The molecule has 1 aromatic carbocycles. The summed E-state index contributed by atoms with van der Waals surface area (Å²) in [6, 6.07) is 8.95. The number of aromatic amines is 1. The summed E-state index contributed by atoms with van der Waals surface area (Å²) < 4.78 is 6.94. The van der Waals surface area contributed by atoms with Crippen molar-refractivity contribution in [2.45, 2.75) is 19.5 Å². The molecule has 0 aliphatic heterocycles. The first-order chi connectivity index (χ1) is 12.2. The van der Waals surface area contributed by atoms with Crippen LogP contribution in [0.5, 0.6) is 0 Å². The molecule has 8 nitrogen and oxygen atoms in total. The first-order valence-electron chi connectivity index (χ1n) is 7.96. The molecule has 0 aliphatic carbocycles. The fourth-order valence-corrected chi connectivity index (χ4v) is 2.52. The molecule has 0 aliphatic rings. The van der Waals surface area contributed by atoms with Gasteiger partial charge in [-0.3, -0.25) is 9.89 Å². The van der Waals surface area contributed by atoms with Gasteiger partial charge in [0.25, 0.3) is 5.91 Å². The van der Waals surface area contributed by atoms with Crippen LogP contribution in [0.3, 0.4) is 0 Å². The number of rotatable bonds is 7. The highest BCUT2D eigenvalue weighted by atomic mass is 16.5. The van der Waals surface area contributed by atoms with Gasteiger partial charge < -0.3 is 14.6 Å². The van der Waals surface area contributed by atoms with E-state index in [2.05, 4.69) is 25.7 Å². The molecule has 0 bridgehead atoms. The molecule has 2 aromatic heterocycles. The predicted octanol–water partition coefficient (Wildman–Crippen LogP) is 1.81. The van der Waals surface area contributed by atoms with E-state index < -0.39 is 0 Å². The number of nitrogens with zero attached hydrogens (tertiary/aromatic N) is 4. The molecule has 0 fully saturated rings. The number of carbonyl (C=O) groups is 1. The maximum atomic E-state index is 12.5. The third kappa shape index (κ3) is 3.92. The third-order valence-electron chi connectivity index (χ3n) is 3.88. The molecule has 2 N–H and O–H groups in total. The van der Waals surface area contributed by atoms with Crippen LogP contribution >= 0.6 is 0 Å². The van der Waals surface area contributed by atoms with Crippen molar-refractivity contribution in [3.63, 3.8) is 0 Å². The Hall–Kier alpha value is -3.00. The van der Waals surface area contributed by atoms with Gasteiger partial charge in [-0.05, 0) is 30.7 Å². The van der Waals surface area contributed by atoms with Crippen molar-refractivity contribution < 1.29 is 9.53 Å². The van der Waals surface area contributed by atoms with Crippen molar-refractivity contribution in [1.82, 2.24) is 30.3 Å². The van der Waals surface area contributed by atoms with E-state index in [4.69, 9.17) is 4.74 Å². The van der Waals surface area contributed by atoms with Crippen LogP contribution < -0.4 is 5.32 Å². The fourth-order valence-electron chi connectivity index (χ4n) is 2.52. The van der Waals surface area contributed by atoms with E-state index in [1.807, 2.05) is 29.7 Å². The molecule has 0 radical (unpaired) electrons. The number of methoxy groups -OCH3 is 1. The molecular weight excluding hydrogens is 320 g/mol. The number of nitrogens with one attached hydrogen (secondary N) is 2. The molecule has 8 heteroatoms. The Bertz CT molecular complexity index is 810. The van der Waals surface area contributed by atoms with E-state index in [1.165, 1.54) is 0 Å². The number of ether oxygens (including phenoxy) is 1. The van der Waals surface area contributed by atoms with Gasteiger partial charge in [0.15, 0.2) is 5.82 Å². The van der Waals surface area contributed by atoms with Crippen molar-refractivity contribution >= 4 is 5.91 Å². The van der Waals surface area contributed by atoms with Gasteiger partial charge in [0.2, 0.25) is 0 Å². The van der Waals surface area contributed by atoms with Crippen molar-refractivity contribution in [2.24, 2.45) is 0 Å². The van der Waals surface area contributed by atoms with E-state index in [0.717, 1.165) is 11.3 Å². The SMILES string of the molecule is COCCn1cnnc1[C@@H](C)NC(=O)c1ccc(-c2ccn[nH]2)cc1. The highest BCUT2D eigenvalue weighted by molar-refractivity contribution is 5.94. The average Bonchev–Trinajstić information content (AvgIpc) is 3.31. The molecule has 1 amide bonds. The second kappa shape index (κ2) is 7.71. The Morgan fingerprint density at radius 1 is 1.32 bits per heavy atom. The van der Waals surface area contributed by atoms with Crippen LogP contribution in [-0.2, 0) is 11.3 Å². The molecule has 3 rings (SSSR count). The van der Waals surface area contributed by atoms with Gasteiger partial charge in [0, 0.05) is 25.4 Å². The largest absolute Gasteiger partial charge is 0.383 e. The lowest BCUT2D eigenvalue weighted by molar-refractivity contribution is 0.0937. The quantitative estimate of drug-likeness (QED) is 0.683. The molecule has 2 heterocycles. The number of hydrogen-bond acceptors (Lipinski definition) is 5. The van der Waals surface area contributed by atoms with Crippen molar-refractivity contribution in [2.75, 3.05) is 13.7 Å². The number of H-pyrrole nitrogens is 1. The minimum Gasteiger partial charge on any atom is -0.383 e. The highest BCUT2D eigenvalue weighted by Crippen LogP contribution is 2.17. The van der Waals surface area contributed by atoms with Gasteiger partial charge in [0.1, 0.15) is 6.33 Å². The molecule has 0 saturated heterocycles. The Morgan fingerprint density at radius 3 is 2.80 bits per heavy atom. The van der Waals surface area contributed by atoms with Gasteiger partial charge in [-0.1, -0.05) is 12.1 Å². The van der Waals surface area contributed by atoms with Gasteiger partial charge in [-0.2, -0.15) is 5.10 Å². The van der Waals surface area contributed by atoms with Crippen LogP contribution in [0.15, 0.2) is 42.9 Å². The number of carbonyl (C=O) groups excluding carboxylic acids is 1. The summed E-state index contributed by atoms with van der Waals surface area (Å²) in [6.07, 6.45) is 3.33. The van der Waals surface area contributed by atoms with Crippen molar-refractivity contribution in [3.8, 4) is 11.3 Å². The zero-order valence-electron chi connectivity index (χ0n) is 14.1. The van der Waals surface area contributed by atoms with E-state index >= 15 is 0 Å². The van der Waals surface area contributed by atoms with Gasteiger partial charge in [-0.25, -0.2) is 0 Å². The summed E-state index contributed by atoms with van der Waals surface area (Å²) in [4.78, 5) is 12.5. The predicted molar refractivity (Wildman–Crippen MR) is 91.8 cm³/mol. The summed E-state index contributed by atoms with van der Waals surface area (Å²) in [5.74, 6) is 0.532. The lowest BCUT2D eigenvalue weighted by Gasteiger charge is -2.15. The second-order valence-electron chi connectivity index (χ2n) is 5.62. The average molecular weight is 340 g/mol. The minimum absolute atomic E-state index is 0.162. The Morgan fingerprint density at radius 2 is 2.12 bits per heavy atom. The first-order valence-corrected chi connectivity index (χ1v) is 7.96. The van der Waals surface area contributed by atoms with E-state index in [1.54, 1.807) is 31.8 Å². The van der Waals surface area contributed by atoms with Crippen LogP contribution in [0, 0.1) is 0 Å². The van der Waals surface area contributed by atoms with Crippen molar-refractivity contribution in [1.29, 1.82) is 0 Å². The van der Waals surface area contributed by atoms with Crippen LogP contribution in [0.4, 0.5) is 0 Å². The number of aromatic nitrogens is 5.